The van der Waals surface area contributed by atoms with Crippen LogP contribution in [-0.2, 0) is 11.2 Å². The molecule has 1 aromatic rings. The lowest BCUT2D eigenvalue weighted by atomic mass is 9.84. The maximum absolute atomic E-state index is 10.8. The van der Waals surface area contributed by atoms with Crippen molar-refractivity contribution >= 4 is 0 Å². The number of fused-ring (bicyclic) bond motifs is 1. The minimum Gasteiger partial charge on any atom is -0.497 e. The van der Waals surface area contributed by atoms with E-state index in [1.54, 1.807) is 7.11 Å². The molecule has 1 saturated heterocycles. The van der Waals surface area contributed by atoms with Gasteiger partial charge >= 0.3 is 0 Å². The van der Waals surface area contributed by atoms with Crippen LogP contribution in [0.25, 0.3) is 0 Å². The molecular weight excluding hydrogens is 266 g/mol. The largest absolute Gasteiger partial charge is 0.497 e. The molecule has 0 amide bonds. The first kappa shape index (κ1) is 14.8. The van der Waals surface area contributed by atoms with E-state index >= 15 is 0 Å². The van der Waals surface area contributed by atoms with Crippen molar-refractivity contribution < 1.29 is 14.6 Å². The number of morpholine rings is 1. The molecule has 0 bridgehead atoms. The highest BCUT2D eigenvalue weighted by atomic mass is 16.5. The molecule has 116 valence electrons. The zero-order valence-electron chi connectivity index (χ0n) is 13.1. The highest BCUT2D eigenvalue weighted by Gasteiger charge is 2.36. The Bertz CT molecular complexity index is 495. The highest BCUT2D eigenvalue weighted by Crippen LogP contribution is 2.36. The summed E-state index contributed by atoms with van der Waals surface area (Å²) in [5.74, 6) is 0.817. The molecule has 4 unspecified atom stereocenters. The molecule has 0 saturated carbocycles. The van der Waals surface area contributed by atoms with Crippen molar-refractivity contribution in [2.24, 2.45) is 0 Å². The number of ether oxygens (including phenoxy) is 2. The van der Waals surface area contributed by atoms with Gasteiger partial charge in [0.2, 0.25) is 0 Å². The number of aliphatic hydroxyl groups excluding tert-OH is 1. The van der Waals surface area contributed by atoms with Crippen LogP contribution in [0, 0.1) is 0 Å². The Hall–Kier alpha value is -1.10. The molecule has 0 aromatic heterocycles. The van der Waals surface area contributed by atoms with Crippen LogP contribution >= 0.6 is 0 Å². The number of aliphatic hydroxyl groups is 1. The van der Waals surface area contributed by atoms with Crippen molar-refractivity contribution in [2.75, 3.05) is 20.2 Å². The van der Waals surface area contributed by atoms with Gasteiger partial charge in [-0.2, -0.15) is 0 Å². The van der Waals surface area contributed by atoms with Crippen LogP contribution in [-0.4, -0.2) is 48.5 Å². The van der Waals surface area contributed by atoms with Crippen LogP contribution in [0.4, 0.5) is 0 Å². The second kappa shape index (κ2) is 5.95. The Morgan fingerprint density at radius 3 is 2.62 bits per heavy atom. The summed E-state index contributed by atoms with van der Waals surface area (Å²) in [5, 5.41) is 10.8. The summed E-state index contributed by atoms with van der Waals surface area (Å²) in [6.45, 7) is 6.00. The van der Waals surface area contributed by atoms with Crippen LogP contribution in [0.1, 0.15) is 37.5 Å². The van der Waals surface area contributed by atoms with Crippen molar-refractivity contribution in [1.29, 1.82) is 0 Å². The van der Waals surface area contributed by atoms with Gasteiger partial charge in [-0.3, -0.25) is 4.90 Å². The van der Waals surface area contributed by atoms with Gasteiger partial charge in [0.15, 0.2) is 0 Å². The Kier molecular flexibility index (Phi) is 4.20. The fraction of sp³-hybridized carbons (Fsp3) is 0.647. The highest BCUT2D eigenvalue weighted by molar-refractivity contribution is 5.39. The predicted octanol–water partition coefficient (Wildman–Crippen LogP) is 2.15. The van der Waals surface area contributed by atoms with Crippen molar-refractivity contribution in [3.63, 3.8) is 0 Å². The van der Waals surface area contributed by atoms with E-state index in [0.717, 1.165) is 37.2 Å². The van der Waals surface area contributed by atoms with E-state index in [1.807, 2.05) is 12.1 Å². The van der Waals surface area contributed by atoms with Gasteiger partial charge in [-0.15, -0.1) is 0 Å². The van der Waals surface area contributed by atoms with Crippen LogP contribution in [0.3, 0.4) is 0 Å². The number of nitrogens with zero attached hydrogens (tertiary/aromatic N) is 1. The summed E-state index contributed by atoms with van der Waals surface area (Å²) >= 11 is 0. The van der Waals surface area contributed by atoms with Crippen molar-refractivity contribution in [1.82, 2.24) is 4.90 Å². The first-order valence-corrected chi connectivity index (χ1v) is 7.83. The zero-order chi connectivity index (χ0) is 15.0. The molecule has 4 nitrogen and oxygen atoms in total. The predicted molar refractivity (Wildman–Crippen MR) is 81.6 cm³/mol. The van der Waals surface area contributed by atoms with Crippen molar-refractivity contribution in [3.05, 3.63) is 29.3 Å². The molecule has 1 fully saturated rings. The molecule has 1 heterocycles. The minimum atomic E-state index is -0.443. The number of methoxy groups -OCH3 is 1. The first-order valence-electron chi connectivity index (χ1n) is 7.83. The van der Waals surface area contributed by atoms with Crippen molar-refractivity contribution in [2.45, 2.75) is 51.0 Å². The number of hydrogen-bond acceptors (Lipinski definition) is 4. The third-order valence-corrected chi connectivity index (χ3v) is 4.66. The molecule has 0 radical (unpaired) electrons. The van der Waals surface area contributed by atoms with Crippen LogP contribution < -0.4 is 4.74 Å². The van der Waals surface area contributed by atoms with Gasteiger partial charge in [0.25, 0.3) is 0 Å². The van der Waals surface area contributed by atoms with E-state index in [-0.39, 0.29) is 18.2 Å². The van der Waals surface area contributed by atoms with Crippen LogP contribution in [0.15, 0.2) is 18.2 Å². The SMILES string of the molecule is COc1ccc2c(c1)C(O)C(N1CC(C)OC(C)C1)CC2. The van der Waals surface area contributed by atoms with E-state index in [2.05, 4.69) is 24.8 Å². The molecule has 3 rings (SSSR count). The molecule has 0 spiro atoms. The first-order chi connectivity index (χ1) is 10.1. The zero-order valence-corrected chi connectivity index (χ0v) is 13.1. The van der Waals surface area contributed by atoms with Gasteiger partial charge in [-0.25, -0.2) is 0 Å². The molecule has 1 aromatic carbocycles. The minimum absolute atomic E-state index is 0.179. The lowest BCUT2D eigenvalue weighted by molar-refractivity contribution is -0.0989. The van der Waals surface area contributed by atoms with Gasteiger partial charge in [0, 0.05) is 19.1 Å². The van der Waals surface area contributed by atoms with E-state index in [9.17, 15) is 5.11 Å². The second-order valence-corrected chi connectivity index (χ2v) is 6.33. The average molecular weight is 291 g/mol. The normalized spacial score (nSPS) is 33.5. The fourth-order valence-corrected chi connectivity index (χ4v) is 3.74. The van der Waals surface area contributed by atoms with Crippen LogP contribution in [0.2, 0.25) is 0 Å². The summed E-state index contributed by atoms with van der Waals surface area (Å²) in [6.07, 6.45) is 2.03. The van der Waals surface area contributed by atoms with Crippen molar-refractivity contribution in [3.8, 4) is 5.75 Å². The summed E-state index contributed by atoms with van der Waals surface area (Å²) in [6, 6.07) is 6.22. The maximum atomic E-state index is 10.8. The topological polar surface area (TPSA) is 41.9 Å². The number of aryl methyl sites for hydroxylation is 1. The Morgan fingerprint density at radius 1 is 1.24 bits per heavy atom. The molecule has 4 atom stereocenters. The fourth-order valence-electron chi connectivity index (χ4n) is 3.74. The standard InChI is InChI=1S/C17H25NO3/c1-11-9-18(10-12(2)21-11)16-7-5-13-4-6-14(20-3)8-15(13)17(16)19/h4,6,8,11-12,16-17,19H,5,7,9-10H2,1-3H3. The summed E-state index contributed by atoms with van der Waals surface area (Å²) in [5.41, 5.74) is 2.27. The van der Waals surface area contributed by atoms with Gasteiger partial charge in [0.1, 0.15) is 5.75 Å². The Labute approximate surface area is 126 Å². The Balaban J connectivity index is 1.82. The van der Waals surface area contributed by atoms with Crippen LogP contribution in [0.5, 0.6) is 5.75 Å². The average Bonchev–Trinajstić information content (AvgIpc) is 2.46. The Morgan fingerprint density at radius 2 is 1.95 bits per heavy atom. The van der Waals surface area contributed by atoms with Gasteiger partial charge in [-0.1, -0.05) is 6.07 Å². The monoisotopic (exact) mass is 291 g/mol. The summed E-state index contributed by atoms with van der Waals surface area (Å²) < 4.78 is 11.1. The quantitative estimate of drug-likeness (QED) is 0.906. The lowest BCUT2D eigenvalue weighted by Crippen LogP contribution is -2.52. The molecule has 1 aliphatic carbocycles. The number of benzene rings is 1. The lowest BCUT2D eigenvalue weighted by Gasteiger charge is -2.44. The summed E-state index contributed by atoms with van der Waals surface area (Å²) in [7, 11) is 1.67. The molecule has 1 N–H and O–H groups in total. The second-order valence-electron chi connectivity index (χ2n) is 6.33. The molecule has 1 aliphatic heterocycles. The van der Waals surface area contributed by atoms with E-state index in [0.29, 0.717) is 0 Å². The smallest absolute Gasteiger partial charge is 0.119 e. The van der Waals surface area contributed by atoms with Gasteiger partial charge in [-0.05, 0) is 49.9 Å². The van der Waals surface area contributed by atoms with E-state index in [4.69, 9.17) is 9.47 Å². The molecule has 2 aliphatic rings. The van der Waals surface area contributed by atoms with E-state index < -0.39 is 6.10 Å². The van der Waals surface area contributed by atoms with Gasteiger partial charge < -0.3 is 14.6 Å². The number of hydrogen-bond donors (Lipinski definition) is 1. The molecule has 4 heteroatoms. The van der Waals surface area contributed by atoms with E-state index in [1.165, 1.54) is 5.56 Å². The third kappa shape index (κ3) is 2.93. The number of rotatable bonds is 2. The third-order valence-electron chi connectivity index (χ3n) is 4.66. The van der Waals surface area contributed by atoms with Gasteiger partial charge in [0.05, 0.1) is 25.4 Å². The summed E-state index contributed by atoms with van der Waals surface area (Å²) in [4.78, 5) is 2.39. The molecular formula is C17H25NO3. The maximum Gasteiger partial charge on any atom is 0.119 e. The molecule has 21 heavy (non-hydrogen) atoms.